The maximum atomic E-state index is 9.93. The smallest absolute Gasteiger partial charge is 0.120 e. The van der Waals surface area contributed by atoms with Gasteiger partial charge < -0.3 is 10.4 Å². The van der Waals surface area contributed by atoms with Crippen LogP contribution in [0.2, 0.25) is 0 Å². The van der Waals surface area contributed by atoms with Crippen LogP contribution in [0.1, 0.15) is 36.8 Å². The second-order valence-electron chi connectivity index (χ2n) is 6.53. The van der Waals surface area contributed by atoms with Crippen molar-refractivity contribution >= 4 is 0 Å². The first kappa shape index (κ1) is 13.9. The van der Waals surface area contributed by atoms with Crippen LogP contribution in [0.5, 0.6) is 5.75 Å². The molecular formula is C17H26N2O. The Labute approximate surface area is 122 Å². The lowest BCUT2D eigenvalue weighted by Gasteiger charge is -2.32. The highest BCUT2D eigenvalue weighted by Crippen LogP contribution is 2.28. The van der Waals surface area contributed by atoms with E-state index in [1.165, 1.54) is 37.8 Å². The zero-order valence-corrected chi connectivity index (χ0v) is 12.4. The molecule has 1 aromatic rings. The third-order valence-corrected chi connectivity index (χ3v) is 4.61. The summed E-state index contributed by atoms with van der Waals surface area (Å²) in [7, 11) is 0. The van der Waals surface area contributed by atoms with Gasteiger partial charge in [-0.25, -0.2) is 0 Å². The summed E-state index contributed by atoms with van der Waals surface area (Å²) < 4.78 is 0. The monoisotopic (exact) mass is 274 g/mol. The Morgan fingerprint density at radius 1 is 1.20 bits per heavy atom. The zero-order chi connectivity index (χ0) is 13.9. The fraction of sp³-hybridized carbons (Fsp3) is 0.647. The minimum Gasteiger partial charge on any atom is -0.508 e. The van der Waals surface area contributed by atoms with E-state index >= 15 is 0 Å². The van der Waals surface area contributed by atoms with Gasteiger partial charge in [0.2, 0.25) is 0 Å². The van der Waals surface area contributed by atoms with Crippen molar-refractivity contribution in [3.63, 3.8) is 0 Å². The second kappa shape index (κ2) is 6.15. The summed E-state index contributed by atoms with van der Waals surface area (Å²) in [5.41, 5.74) is 2.29. The van der Waals surface area contributed by atoms with Crippen molar-refractivity contribution in [3.8, 4) is 5.75 Å². The summed E-state index contributed by atoms with van der Waals surface area (Å²) in [6.45, 7) is 6.45. The van der Waals surface area contributed by atoms with Crippen LogP contribution in [-0.2, 0) is 6.54 Å². The molecule has 1 saturated carbocycles. The molecule has 1 aromatic carbocycles. The predicted molar refractivity (Wildman–Crippen MR) is 81.9 cm³/mol. The van der Waals surface area contributed by atoms with Crippen molar-refractivity contribution in [2.75, 3.05) is 19.6 Å². The second-order valence-corrected chi connectivity index (χ2v) is 6.53. The molecule has 3 heteroatoms. The molecule has 1 heterocycles. The Hall–Kier alpha value is -1.06. The number of hydrogen-bond donors (Lipinski definition) is 2. The molecule has 0 unspecified atom stereocenters. The van der Waals surface area contributed by atoms with E-state index in [0.717, 1.165) is 31.1 Å². The normalized spacial score (nSPS) is 21.2. The van der Waals surface area contributed by atoms with Crippen molar-refractivity contribution < 1.29 is 5.11 Å². The first-order chi connectivity index (χ1) is 9.70. The van der Waals surface area contributed by atoms with Crippen molar-refractivity contribution in [2.24, 2.45) is 5.92 Å². The Kier molecular flexibility index (Phi) is 4.27. The summed E-state index contributed by atoms with van der Waals surface area (Å²) in [6, 6.07) is 6.59. The van der Waals surface area contributed by atoms with E-state index in [4.69, 9.17) is 0 Å². The van der Waals surface area contributed by atoms with Gasteiger partial charge in [0.15, 0.2) is 0 Å². The predicted octanol–water partition coefficient (Wildman–Crippen LogP) is 2.66. The Bertz CT molecular complexity index is 448. The van der Waals surface area contributed by atoms with E-state index in [2.05, 4.69) is 23.2 Å². The summed E-state index contributed by atoms with van der Waals surface area (Å²) in [6.07, 6.45) is 5.33. The Morgan fingerprint density at radius 3 is 2.65 bits per heavy atom. The number of nitrogens with zero attached hydrogens (tertiary/aromatic N) is 1. The van der Waals surface area contributed by atoms with Gasteiger partial charge in [-0.05, 0) is 64.2 Å². The number of likely N-dealkylation sites (tertiary alicyclic amines) is 1. The van der Waals surface area contributed by atoms with Crippen LogP contribution in [-0.4, -0.2) is 35.7 Å². The van der Waals surface area contributed by atoms with Crippen molar-refractivity contribution in [1.29, 1.82) is 0 Å². The average molecular weight is 274 g/mol. The van der Waals surface area contributed by atoms with Gasteiger partial charge in [0.05, 0.1) is 0 Å². The zero-order valence-electron chi connectivity index (χ0n) is 12.4. The molecule has 0 amide bonds. The number of benzene rings is 1. The van der Waals surface area contributed by atoms with E-state index in [-0.39, 0.29) is 0 Å². The largest absolute Gasteiger partial charge is 0.508 e. The third kappa shape index (κ3) is 3.74. The lowest BCUT2D eigenvalue weighted by Crippen LogP contribution is -2.42. The van der Waals surface area contributed by atoms with Crippen molar-refractivity contribution in [3.05, 3.63) is 29.3 Å². The highest BCUT2D eigenvalue weighted by atomic mass is 16.3. The molecule has 0 spiro atoms. The third-order valence-electron chi connectivity index (χ3n) is 4.61. The van der Waals surface area contributed by atoms with Gasteiger partial charge in [-0.15, -0.1) is 0 Å². The number of phenols is 1. The molecule has 1 aliphatic heterocycles. The van der Waals surface area contributed by atoms with Crippen molar-refractivity contribution in [2.45, 2.75) is 45.2 Å². The number of phenolic OH excluding ortho intramolecular Hbond substituents is 1. The molecule has 2 fully saturated rings. The maximum Gasteiger partial charge on any atom is 0.120 e. The summed E-state index contributed by atoms with van der Waals surface area (Å²) in [4.78, 5) is 2.46. The molecule has 3 rings (SSSR count). The van der Waals surface area contributed by atoms with Gasteiger partial charge >= 0.3 is 0 Å². The lowest BCUT2D eigenvalue weighted by atomic mass is 10.0. The molecule has 3 nitrogen and oxygen atoms in total. The van der Waals surface area contributed by atoms with Crippen LogP contribution in [0, 0.1) is 12.8 Å². The number of aryl methyl sites for hydroxylation is 1. The van der Waals surface area contributed by atoms with Gasteiger partial charge in [-0.3, -0.25) is 4.90 Å². The van der Waals surface area contributed by atoms with Crippen LogP contribution in [0.25, 0.3) is 0 Å². The number of hydrogen-bond acceptors (Lipinski definition) is 3. The molecule has 2 aliphatic rings. The Morgan fingerprint density at radius 2 is 1.95 bits per heavy atom. The van der Waals surface area contributed by atoms with Crippen molar-refractivity contribution in [1.82, 2.24) is 10.2 Å². The van der Waals surface area contributed by atoms with Gasteiger partial charge in [-0.1, -0.05) is 17.7 Å². The molecule has 0 atom stereocenters. The van der Waals surface area contributed by atoms with Gasteiger partial charge in [-0.2, -0.15) is 0 Å². The SMILES string of the molecule is Cc1ccc(O)c(CN2CCC(NCC3CC3)CC2)c1. The standard InChI is InChI=1S/C17H26N2O/c1-13-2-5-17(20)15(10-13)12-19-8-6-16(7-9-19)18-11-14-3-4-14/h2,5,10,14,16,18,20H,3-4,6-9,11-12H2,1H3. The average Bonchev–Trinajstić information content (AvgIpc) is 3.26. The van der Waals surface area contributed by atoms with Crippen LogP contribution >= 0.6 is 0 Å². The van der Waals surface area contributed by atoms with Crippen LogP contribution in [0.3, 0.4) is 0 Å². The topological polar surface area (TPSA) is 35.5 Å². The molecule has 1 aliphatic carbocycles. The maximum absolute atomic E-state index is 9.93. The number of nitrogens with one attached hydrogen (secondary N) is 1. The minimum atomic E-state index is 0.435. The number of piperidine rings is 1. The van der Waals surface area contributed by atoms with Gasteiger partial charge in [0.1, 0.15) is 5.75 Å². The fourth-order valence-electron chi connectivity index (χ4n) is 3.03. The molecule has 2 N–H and O–H groups in total. The number of rotatable bonds is 5. The lowest BCUT2D eigenvalue weighted by molar-refractivity contribution is 0.188. The quantitative estimate of drug-likeness (QED) is 0.866. The van der Waals surface area contributed by atoms with E-state index in [1.807, 2.05) is 12.1 Å². The first-order valence-corrected chi connectivity index (χ1v) is 7.95. The minimum absolute atomic E-state index is 0.435. The number of aromatic hydroxyl groups is 1. The molecule has 0 bridgehead atoms. The van der Waals surface area contributed by atoms with Crippen LogP contribution in [0.4, 0.5) is 0 Å². The molecule has 1 saturated heterocycles. The molecule has 20 heavy (non-hydrogen) atoms. The molecule has 0 radical (unpaired) electrons. The first-order valence-electron chi connectivity index (χ1n) is 7.95. The highest BCUT2D eigenvalue weighted by molar-refractivity contribution is 5.35. The van der Waals surface area contributed by atoms with Gasteiger partial charge in [0.25, 0.3) is 0 Å². The summed E-state index contributed by atoms with van der Waals surface area (Å²) in [5.74, 6) is 1.40. The Balaban J connectivity index is 1.46. The van der Waals surface area contributed by atoms with E-state index in [9.17, 15) is 5.11 Å². The van der Waals surface area contributed by atoms with E-state index in [0.29, 0.717) is 11.8 Å². The fourth-order valence-corrected chi connectivity index (χ4v) is 3.03. The summed E-state index contributed by atoms with van der Waals surface area (Å²) in [5, 5.41) is 13.6. The molecular weight excluding hydrogens is 248 g/mol. The van der Waals surface area contributed by atoms with Gasteiger partial charge in [0, 0.05) is 18.2 Å². The van der Waals surface area contributed by atoms with E-state index < -0.39 is 0 Å². The van der Waals surface area contributed by atoms with Crippen LogP contribution in [0.15, 0.2) is 18.2 Å². The summed E-state index contributed by atoms with van der Waals surface area (Å²) >= 11 is 0. The molecule has 110 valence electrons. The van der Waals surface area contributed by atoms with Crippen LogP contribution < -0.4 is 5.32 Å². The highest BCUT2D eigenvalue weighted by Gasteiger charge is 2.24. The molecule has 0 aromatic heterocycles. The van der Waals surface area contributed by atoms with E-state index in [1.54, 1.807) is 0 Å².